The first-order valence-corrected chi connectivity index (χ1v) is 4.56. The Balaban J connectivity index is 2.01. The van der Waals surface area contributed by atoms with Gasteiger partial charge in [-0.05, 0) is 38.6 Å². The summed E-state index contributed by atoms with van der Waals surface area (Å²) in [7, 11) is 0. The summed E-state index contributed by atoms with van der Waals surface area (Å²) in [6.07, 6.45) is 7.72. The molecule has 1 spiro atoms. The summed E-state index contributed by atoms with van der Waals surface area (Å²) in [6, 6.07) is 0. The van der Waals surface area contributed by atoms with E-state index in [-0.39, 0.29) is 0 Å². The van der Waals surface area contributed by atoms with Gasteiger partial charge in [0.15, 0.2) is 0 Å². The smallest absolute Gasteiger partial charge is 0.133 e. The fraction of sp³-hybridized carbons (Fsp3) is 0.889. The molecule has 0 aromatic carbocycles. The minimum atomic E-state index is 0.487. The van der Waals surface area contributed by atoms with Gasteiger partial charge in [0.2, 0.25) is 0 Å². The molecule has 1 aliphatic heterocycles. The van der Waals surface area contributed by atoms with Crippen LogP contribution < -0.4 is 0 Å². The number of nitrogens with zero attached hydrogens (tertiary/aromatic N) is 1. The Bertz CT molecular complexity index is 163. The number of aldehydes is 1. The van der Waals surface area contributed by atoms with Crippen molar-refractivity contribution in [3.63, 3.8) is 0 Å². The molecule has 0 atom stereocenters. The van der Waals surface area contributed by atoms with Gasteiger partial charge in [0.05, 0.1) is 6.54 Å². The van der Waals surface area contributed by atoms with Crippen LogP contribution in [0.5, 0.6) is 0 Å². The summed E-state index contributed by atoms with van der Waals surface area (Å²) in [4.78, 5) is 12.7. The second-order valence-corrected chi connectivity index (χ2v) is 3.79. The highest BCUT2D eigenvalue weighted by Gasteiger charge is 2.44. The highest BCUT2D eigenvalue weighted by molar-refractivity contribution is 5.52. The lowest BCUT2D eigenvalue weighted by atomic mass is 9.75. The van der Waals surface area contributed by atoms with Crippen LogP contribution in [0.3, 0.4) is 0 Å². The van der Waals surface area contributed by atoms with Crippen molar-refractivity contribution in [3.8, 4) is 0 Å². The maximum atomic E-state index is 10.3. The molecular weight excluding hydrogens is 138 g/mol. The number of rotatable bonds is 2. The predicted octanol–water partition coefficient (Wildman–Crippen LogP) is 1.20. The van der Waals surface area contributed by atoms with Gasteiger partial charge in [0.25, 0.3) is 0 Å². The molecule has 2 nitrogen and oxygen atoms in total. The van der Waals surface area contributed by atoms with Crippen molar-refractivity contribution in [1.29, 1.82) is 0 Å². The third-order valence-corrected chi connectivity index (χ3v) is 3.32. The summed E-state index contributed by atoms with van der Waals surface area (Å²) in [5.74, 6) is 0. The number of carbonyl (C=O) groups is 1. The molecule has 0 radical (unpaired) electrons. The van der Waals surface area contributed by atoms with Gasteiger partial charge in [0, 0.05) is 5.54 Å². The molecule has 2 aliphatic rings. The summed E-state index contributed by atoms with van der Waals surface area (Å²) in [5.41, 5.74) is 0.487. The Morgan fingerprint density at radius 3 is 2.55 bits per heavy atom. The lowest BCUT2D eigenvalue weighted by Gasteiger charge is -2.45. The zero-order valence-electron chi connectivity index (χ0n) is 6.88. The molecule has 1 aliphatic carbocycles. The highest BCUT2D eigenvalue weighted by atomic mass is 16.1. The van der Waals surface area contributed by atoms with Gasteiger partial charge in [0.1, 0.15) is 6.29 Å². The number of hydrogen-bond acceptors (Lipinski definition) is 2. The lowest BCUT2D eigenvalue weighted by molar-refractivity contribution is -0.110. The first-order chi connectivity index (χ1) is 5.37. The van der Waals surface area contributed by atoms with Gasteiger partial charge in [-0.15, -0.1) is 0 Å². The molecule has 0 aromatic heterocycles. The van der Waals surface area contributed by atoms with E-state index in [1.54, 1.807) is 0 Å². The van der Waals surface area contributed by atoms with Crippen molar-refractivity contribution < 1.29 is 4.79 Å². The van der Waals surface area contributed by atoms with E-state index in [0.717, 1.165) is 12.8 Å². The molecule has 2 fully saturated rings. The van der Waals surface area contributed by atoms with Crippen LogP contribution in [0.1, 0.15) is 32.1 Å². The normalized spacial score (nSPS) is 28.7. The van der Waals surface area contributed by atoms with Crippen LogP contribution >= 0.6 is 0 Å². The molecule has 2 rings (SSSR count). The van der Waals surface area contributed by atoms with Gasteiger partial charge >= 0.3 is 0 Å². The minimum absolute atomic E-state index is 0.487. The largest absolute Gasteiger partial charge is 0.302 e. The van der Waals surface area contributed by atoms with Crippen LogP contribution in [0.25, 0.3) is 0 Å². The fourth-order valence-electron chi connectivity index (χ4n) is 2.52. The molecule has 0 unspecified atom stereocenters. The summed E-state index contributed by atoms with van der Waals surface area (Å²) in [6.45, 7) is 1.82. The molecular formula is C9H15NO. The zero-order valence-corrected chi connectivity index (χ0v) is 6.88. The van der Waals surface area contributed by atoms with E-state index in [1.165, 1.54) is 32.1 Å². The van der Waals surface area contributed by atoms with E-state index in [2.05, 4.69) is 4.90 Å². The predicted molar refractivity (Wildman–Crippen MR) is 43.5 cm³/mol. The van der Waals surface area contributed by atoms with Gasteiger partial charge in [-0.3, -0.25) is 4.90 Å². The zero-order chi connectivity index (χ0) is 7.73. The van der Waals surface area contributed by atoms with Gasteiger partial charge in [-0.2, -0.15) is 0 Å². The standard InChI is InChI=1S/C9H15NO/c11-8-7-10-6-2-5-9(10)3-1-4-9/h8H,1-7H2. The van der Waals surface area contributed by atoms with Gasteiger partial charge in [-0.25, -0.2) is 0 Å². The quantitative estimate of drug-likeness (QED) is 0.556. The molecule has 2 heteroatoms. The summed E-state index contributed by atoms with van der Waals surface area (Å²) in [5, 5.41) is 0. The third-order valence-electron chi connectivity index (χ3n) is 3.32. The van der Waals surface area contributed by atoms with Crippen LogP contribution in [-0.2, 0) is 4.79 Å². The second-order valence-electron chi connectivity index (χ2n) is 3.79. The maximum absolute atomic E-state index is 10.3. The molecule has 62 valence electrons. The third kappa shape index (κ3) is 1.00. The van der Waals surface area contributed by atoms with Crippen LogP contribution in [0.4, 0.5) is 0 Å². The van der Waals surface area contributed by atoms with Gasteiger partial charge < -0.3 is 4.79 Å². The molecule has 1 saturated carbocycles. The van der Waals surface area contributed by atoms with Crippen LogP contribution in [0.2, 0.25) is 0 Å². The Kier molecular flexibility index (Phi) is 1.72. The van der Waals surface area contributed by atoms with E-state index in [0.29, 0.717) is 12.1 Å². The lowest BCUT2D eigenvalue weighted by Crippen LogP contribution is -2.49. The SMILES string of the molecule is O=CCN1CCCC12CCC2. The molecule has 0 bridgehead atoms. The Morgan fingerprint density at radius 1 is 1.27 bits per heavy atom. The maximum Gasteiger partial charge on any atom is 0.133 e. The monoisotopic (exact) mass is 153 g/mol. The number of carbonyl (C=O) groups excluding carboxylic acids is 1. The molecule has 1 heterocycles. The first kappa shape index (κ1) is 7.29. The molecule has 11 heavy (non-hydrogen) atoms. The summed E-state index contributed by atoms with van der Waals surface area (Å²) < 4.78 is 0. The Morgan fingerprint density at radius 2 is 2.00 bits per heavy atom. The van der Waals surface area contributed by atoms with E-state index in [1.807, 2.05) is 0 Å². The molecule has 1 saturated heterocycles. The number of likely N-dealkylation sites (tertiary alicyclic amines) is 1. The van der Waals surface area contributed by atoms with E-state index < -0.39 is 0 Å². The van der Waals surface area contributed by atoms with Crippen molar-refractivity contribution in [2.45, 2.75) is 37.6 Å². The average Bonchev–Trinajstić information content (AvgIpc) is 2.31. The molecule has 0 aromatic rings. The summed E-state index contributed by atoms with van der Waals surface area (Å²) >= 11 is 0. The topological polar surface area (TPSA) is 20.3 Å². The Labute approximate surface area is 67.6 Å². The second kappa shape index (κ2) is 2.59. The molecule has 0 N–H and O–H groups in total. The van der Waals surface area contributed by atoms with Crippen molar-refractivity contribution in [1.82, 2.24) is 4.90 Å². The van der Waals surface area contributed by atoms with Crippen molar-refractivity contribution >= 4 is 6.29 Å². The minimum Gasteiger partial charge on any atom is -0.302 e. The average molecular weight is 153 g/mol. The fourth-order valence-corrected chi connectivity index (χ4v) is 2.52. The van der Waals surface area contributed by atoms with Crippen molar-refractivity contribution in [3.05, 3.63) is 0 Å². The van der Waals surface area contributed by atoms with E-state index >= 15 is 0 Å². The van der Waals surface area contributed by atoms with Gasteiger partial charge in [-0.1, -0.05) is 0 Å². The first-order valence-electron chi connectivity index (χ1n) is 4.56. The number of hydrogen-bond donors (Lipinski definition) is 0. The van der Waals surface area contributed by atoms with Crippen LogP contribution in [0, 0.1) is 0 Å². The van der Waals surface area contributed by atoms with Crippen molar-refractivity contribution in [2.24, 2.45) is 0 Å². The van der Waals surface area contributed by atoms with E-state index in [4.69, 9.17) is 0 Å². The van der Waals surface area contributed by atoms with Crippen LogP contribution in [0.15, 0.2) is 0 Å². The van der Waals surface area contributed by atoms with Crippen LogP contribution in [-0.4, -0.2) is 29.8 Å². The van der Waals surface area contributed by atoms with Crippen molar-refractivity contribution in [2.75, 3.05) is 13.1 Å². The molecule has 0 amide bonds. The van der Waals surface area contributed by atoms with E-state index in [9.17, 15) is 4.79 Å². The highest BCUT2D eigenvalue weighted by Crippen LogP contribution is 2.44. The Hall–Kier alpha value is -0.370.